The summed E-state index contributed by atoms with van der Waals surface area (Å²) in [5, 5.41) is 0. The van der Waals surface area contributed by atoms with E-state index in [1.165, 1.54) is 5.56 Å². The predicted octanol–water partition coefficient (Wildman–Crippen LogP) is 1.39. The van der Waals surface area contributed by atoms with Crippen LogP contribution in [0.5, 0.6) is 5.75 Å². The molecule has 2 heterocycles. The minimum Gasteiger partial charge on any atom is -0.492 e. The minimum atomic E-state index is 0.287. The van der Waals surface area contributed by atoms with E-state index in [1.54, 1.807) is 0 Å². The number of nitrogens with zero attached hydrogens (tertiary/aromatic N) is 1. The molecule has 4 nitrogen and oxygen atoms in total. The molecule has 4 heteroatoms. The van der Waals surface area contributed by atoms with Crippen LogP contribution in [0.25, 0.3) is 0 Å². The number of para-hydroxylation sites is 1. The quantitative estimate of drug-likeness (QED) is 0.894. The fourth-order valence-electron chi connectivity index (χ4n) is 3.07. The van der Waals surface area contributed by atoms with Crippen molar-refractivity contribution >= 4 is 0 Å². The Morgan fingerprint density at radius 2 is 2.21 bits per heavy atom. The van der Waals surface area contributed by atoms with Gasteiger partial charge in [0.15, 0.2) is 0 Å². The SMILES string of the molecule is NCC(C1CCCO1)N1CCOc2ccccc2C1. The maximum absolute atomic E-state index is 5.99. The largest absolute Gasteiger partial charge is 0.492 e. The lowest BCUT2D eigenvalue weighted by Gasteiger charge is -2.33. The second-order valence-corrected chi connectivity index (χ2v) is 5.28. The van der Waals surface area contributed by atoms with Gasteiger partial charge in [0, 0.05) is 37.8 Å². The van der Waals surface area contributed by atoms with Crippen LogP contribution in [0.15, 0.2) is 24.3 Å². The molecule has 0 bridgehead atoms. The van der Waals surface area contributed by atoms with Gasteiger partial charge in [0.25, 0.3) is 0 Å². The van der Waals surface area contributed by atoms with Crippen LogP contribution in [0.2, 0.25) is 0 Å². The molecule has 0 saturated carbocycles. The Bertz CT molecular complexity index is 418. The van der Waals surface area contributed by atoms with Crippen LogP contribution in [0.1, 0.15) is 18.4 Å². The van der Waals surface area contributed by atoms with Crippen molar-refractivity contribution < 1.29 is 9.47 Å². The van der Waals surface area contributed by atoms with Crippen molar-refractivity contribution in [2.24, 2.45) is 5.73 Å². The van der Waals surface area contributed by atoms with Crippen molar-refractivity contribution in [2.45, 2.75) is 31.5 Å². The van der Waals surface area contributed by atoms with Gasteiger partial charge in [-0.05, 0) is 18.9 Å². The van der Waals surface area contributed by atoms with Crippen molar-refractivity contribution in [1.82, 2.24) is 4.90 Å². The van der Waals surface area contributed by atoms with Gasteiger partial charge in [-0.2, -0.15) is 0 Å². The number of nitrogens with two attached hydrogens (primary N) is 1. The van der Waals surface area contributed by atoms with Crippen molar-refractivity contribution in [1.29, 1.82) is 0 Å². The average Bonchev–Trinajstić information content (AvgIpc) is 2.87. The van der Waals surface area contributed by atoms with Gasteiger partial charge in [0.1, 0.15) is 12.4 Å². The molecular formula is C15H22N2O2. The lowest BCUT2D eigenvalue weighted by molar-refractivity contribution is 0.0220. The van der Waals surface area contributed by atoms with Gasteiger partial charge in [-0.1, -0.05) is 18.2 Å². The number of hydrogen-bond donors (Lipinski definition) is 1. The molecule has 1 aromatic rings. The van der Waals surface area contributed by atoms with Crippen molar-refractivity contribution in [3.63, 3.8) is 0 Å². The number of benzene rings is 1. The van der Waals surface area contributed by atoms with Crippen LogP contribution in [0.3, 0.4) is 0 Å². The third-order valence-corrected chi connectivity index (χ3v) is 4.09. The van der Waals surface area contributed by atoms with E-state index in [4.69, 9.17) is 15.2 Å². The molecule has 2 atom stereocenters. The Hall–Kier alpha value is -1.10. The molecule has 2 aliphatic heterocycles. The highest BCUT2D eigenvalue weighted by molar-refractivity contribution is 5.33. The highest BCUT2D eigenvalue weighted by Crippen LogP contribution is 2.26. The molecule has 19 heavy (non-hydrogen) atoms. The number of hydrogen-bond acceptors (Lipinski definition) is 4. The summed E-state index contributed by atoms with van der Waals surface area (Å²) in [6.07, 6.45) is 2.57. The molecule has 0 amide bonds. The highest BCUT2D eigenvalue weighted by atomic mass is 16.5. The molecule has 1 saturated heterocycles. The van der Waals surface area contributed by atoms with E-state index in [1.807, 2.05) is 12.1 Å². The Balaban J connectivity index is 1.77. The second kappa shape index (κ2) is 5.90. The maximum Gasteiger partial charge on any atom is 0.123 e. The van der Waals surface area contributed by atoms with Crippen molar-refractivity contribution in [3.05, 3.63) is 29.8 Å². The molecular weight excluding hydrogens is 240 g/mol. The Labute approximate surface area is 114 Å². The topological polar surface area (TPSA) is 47.7 Å². The molecule has 1 aromatic carbocycles. The lowest BCUT2D eigenvalue weighted by atomic mass is 10.1. The summed E-state index contributed by atoms with van der Waals surface area (Å²) in [6.45, 7) is 4.06. The minimum absolute atomic E-state index is 0.287. The summed E-state index contributed by atoms with van der Waals surface area (Å²) >= 11 is 0. The van der Waals surface area contributed by atoms with Crippen molar-refractivity contribution in [3.8, 4) is 5.75 Å². The summed E-state index contributed by atoms with van der Waals surface area (Å²) in [6, 6.07) is 8.57. The lowest BCUT2D eigenvalue weighted by Crippen LogP contribution is -2.48. The number of fused-ring (bicyclic) bond motifs is 1. The second-order valence-electron chi connectivity index (χ2n) is 5.28. The predicted molar refractivity (Wildman–Crippen MR) is 74.2 cm³/mol. The van der Waals surface area contributed by atoms with Gasteiger partial charge in [-0.15, -0.1) is 0 Å². The Morgan fingerprint density at radius 3 is 3.00 bits per heavy atom. The van der Waals surface area contributed by atoms with Gasteiger partial charge in [0.2, 0.25) is 0 Å². The molecule has 104 valence electrons. The van der Waals surface area contributed by atoms with Crippen LogP contribution in [0, 0.1) is 0 Å². The fraction of sp³-hybridized carbons (Fsp3) is 0.600. The molecule has 0 radical (unpaired) electrons. The first kappa shape index (κ1) is 12.9. The van der Waals surface area contributed by atoms with Gasteiger partial charge < -0.3 is 15.2 Å². The fourth-order valence-corrected chi connectivity index (χ4v) is 3.07. The van der Waals surface area contributed by atoms with Crippen LogP contribution < -0.4 is 10.5 Å². The van der Waals surface area contributed by atoms with Gasteiger partial charge in [-0.25, -0.2) is 0 Å². The van der Waals surface area contributed by atoms with Crippen LogP contribution >= 0.6 is 0 Å². The highest BCUT2D eigenvalue weighted by Gasteiger charge is 2.31. The summed E-state index contributed by atoms with van der Waals surface area (Å²) in [5.41, 5.74) is 7.24. The van der Waals surface area contributed by atoms with E-state index < -0.39 is 0 Å². The van der Waals surface area contributed by atoms with E-state index in [-0.39, 0.29) is 6.10 Å². The van der Waals surface area contributed by atoms with Crippen molar-refractivity contribution in [2.75, 3.05) is 26.3 Å². The zero-order valence-electron chi connectivity index (χ0n) is 11.3. The molecule has 1 fully saturated rings. The zero-order valence-corrected chi connectivity index (χ0v) is 11.3. The number of ether oxygens (including phenoxy) is 2. The third kappa shape index (κ3) is 2.76. The first-order valence-corrected chi connectivity index (χ1v) is 7.15. The van der Waals surface area contributed by atoms with Gasteiger partial charge >= 0.3 is 0 Å². The summed E-state index contributed by atoms with van der Waals surface area (Å²) in [5.74, 6) is 1.01. The van der Waals surface area contributed by atoms with Crippen LogP contribution in [-0.4, -0.2) is 43.3 Å². The molecule has 3 rings (SSSR count). The summed E-state index contributed by atoms with van der Waals surface area (Å²) < 4.78 is 11.6. The monoisotopic (exact) mass is 262 g/mol. The van der Waals surface area contributed by atoms with E-state index in [9.17, 15) is 0 Å². The Morgan fingerprint density at radius 1 is 1.32 bits per heavy atom. The van der Waals surface area contributed by atoms with E-state index in [2.05, 4.69) is 17.0 Å². The molecule has 2 aliphatic rings. The van der Waals surface area contributed by atoms with E-state index in [0.29, 0.717) is 12.6 Å². The summed E-state index contributed by atoms with van der Waals surface area (Å²) in [4.78, 5) is 2.42. The molecule has 2 N–H and O–H groups in total. The molecule has 0 aromatic heterocycles. The van der Waals surface area contributed by atoms with Gasteiger partial charge in [-0.3, -0.25) is 4.90 Å². The average molecular weight is 262 g/mol. The number of rotatable bonds is 3. The standard InChI is InChI=1S/C15H22N2O2/c16-10-13(15-6-3-8-18-15)17-7-9-19-14-5-2-1-4-12(14)11-17/h1-2,4-5,13,15H,3,6-11,16H2. The van der Waals surface area contributed by atoms with Crippen LogP contribution in [0.4, 0.5) is 0 Å². The Kier molecular flexibility index (Phi) is 4.01. The zero-order chi connectivity index (χ0) is 13.1. The summed E-state index contributed by atoms with van der Waals surface area (Å²) in [7, 11) is 0. The van der Waals surface area contributed by atoms with Gasteiger partial charge in [0.05, 0.1) is 6.10 Å². The first-order chi connectivity index (χ1) is 9.38. The maximum atomic E-state index is 5.99. The van der Waals surface area contributed by atoms with E-state index in [0.717, 1.165) is 44.9 Å². The smallest absolute Gasteiger partial charge is 0.123 e. The normalized spacial score (nSPS) is 25.4. The molecule has 0 spiro atoms. The van der Waals surface area contributed by atoms with E-state index >= 15 is 0 Å². The molecule has 2 unspecified atom stereocenters. The third-order valence-electron chi connectivity index (χ3n) is 4.09. The van der Waals surface area contributed by atoms with Crippen LogP contribution in [-0.2, 0) is 11.3 Å². The first-order valence-electron chi connectivity index (χ1n) is 7.15. The molecule has 0 aliphatic carbocycles.